The van der Waals surface area contributed by atoms with E-state index < -0.39 is 0 Å². The maximum Gasteiger partial charge on any atom is 0.120 e. The number of phenolic OH excluding ortho intramolecular Hbond substituents is 1. The molecule has 2 aromatic carbocycles. The van der Waals surface area contributed by atoms with Crippen molar-refractivity contribution in [3.63, 3.8) is 0 Å². The number of nitrogens with two attached hydrogens (primary N) is 1. The molecule has 0 atom stereocenters. The van der Waals surface area contributed by atoms with Crippen LogP contribution in [0, 0.1) is 0 Å². The highest BCUT2D eigenvalue weighted by atomic mass is 16.3. The Labute approximate surface area is 113 Å². The Kier molecular flexibility index (Phi) is 3.03. The summed E-state index contributed by atoms with van der Waals surface area (Å²) in [5.74, 6) is 0.317. The van der Waals surface area contributed by atoms with E-state index >= 15 is 0 Å². The molecule has 0 aliphatic carbocycles. The van der Waals surface area contributed by atoms with Gasteiger partial charge in [-0.25, -0.2) is 0 Å². The third-order valence-electron chi connectivity index (χ3n) is 3.67. The monoisotopic (exact) mass is 254 g/mol. The van der Waals surface area contributed by atoms with Gasteiger partial charge < -0.3 is 15.7 Å². The van der Waals surface area contributed by atoms with Gasteiger partial charge in [-0.05, 0) is 42.7 Å². The number of phenols is 1. The van der Waals surface area contributed by atoms with Gasteiger partial charge in [-0.1, -0.05) is 18.2 Å². The van der Waals surface area contributed by atoms with E-state index in [0.29, 0.717) is 18.0 Å². The van der Waals surface area contributed by atoms with Crippen LogP contribution in [0.25, 0.3) is 0 Å². The predicted molar refractivity (Wildman–Crippen MR) is 78.3 cm³/mol. The molecule has 0 saturated heterocycles. The number of rotatable bonds is 2. The number of para-hydroxylation sites is 1. The van der Waals surface area contributed by atoms with Crippen LogP contribution < -0.4 is 10.6 Å². The Hall–Kier alpha value is -2.16. The van der Waals surface area contributed by atoms with E-state index in [0.717, 1.165) is 24.9 Å². The van der Waals surface area contributed by atoms with Gasteiger partial charge in [-0.3, -0.25) is 0 Å². The first-order valence-corrected chi connectivity index (χ1v) is 6.64. The Balaban J connectivity index is 1.90. The summed E-state index contributed by atoms with van der Waals surface area (Å²) in [5.41, 5.74) is 10.0. The second-order valence-electron chi connectivity index (χ2n) is 5.04. The van der Waals surface area contributed by atoms with Gasteiger partial charge in [0.05, 0.1) is 0 Å². The first-order valence-electron chi connectivity index (χ1n) is 6.64. The van der Waals surface area contributed by atoms with Crippen LogP contribution in [0.4, 0.5) is 11.4 Å². The van der Waals surface area contributed by atoms with Crippen LogP contribution in [0.3, 0.4) is 0 Å². The molecule has 3 nitrogen and oxygen atoms in total. The van der Waals surface area contributed by atoms with Crippen molar-refractivity contribution in [3.8, 4) is 5.75 Å². The highest BCUT2D eigenvalue weighted by Gasteiger charge is 2.17. The molecule has 1 aliphatic heterocycles. The van der Waals surface area contributed by atoms with E-state index in [-0.39, 0.29) is 0 Å². The summed E-state index contributed by atoms with van der Waals surface area (Å²) in [6, 6.07) is 13.7. The number of nitrogen functional groups attached to an aromatic ring is 1. The first kappa shape index (κ1) is 11.9. The Bertz CT molecular complexity index is 595. The van der Waals surface area contributed by atoms with E-state index in [4.69, 9.17) is 5.73 Å². The molecule has 0 saturated carbocycles. The molecule has 3 heteroatoms. The maximum atomic E-state index is 9.93. The molecule has 0 radical (unpaired) electrons. The lowest BCUT2D eigenvalue weighted by molar-refractivity contribution is 0.467. The zero-order chi connectivity index (χ0) is 13.2. The third-order valence-corrected chi connectivity index (χ3v) is 3.67. The summed E-state index contributed by atoms with van der Waals surface area (Å²) in [4.78, 5) is 2.31. The van der Waals surface area contributed by atoms with E-state index in [1.807, 2.05) is 6.07 Å². The van der Waals surface area contributed by atoms with Gasteiger partial charge in [0, 0.05) is 30.0 Å². The number of aryl methyl sites for hydroxylation is 1. The lowest BCUT2D eigenvalue weighted by atomic mass is 10.0. The van der Waals surface area contributed by atoms with Gasteiger partial charge in [0.2, 0.25) is 0 Å². The second-order valence-corrected chi connectivity index (χ2v) is 5.04. The molecular weight excluding hydrogens is 236 g/mol. The predicted octanol–water partition coefficient (Wildman–Crippen LogP) is 2.93. The highest BCUT2D eigenvalue weighted by molar-refractivity contribution is 5.57. The van der Waals surface area contributed by atoms with Gasteiger partial charge >= 0.3 is 0 Å². The number of fused-ring (bicyclic) bond motifs is 1. The summed E-state index contributed by atoms with van der Waals surface area (Å²) in [7, 11) is 0. The summed E-state index contributed by atoms with van der Waals surface area (Å²) >= 11 is 0. The molecule has 0 amide bonds. The molecule has 0 bridgehead atoms. The number of anilines is 2. The van der Waals surface area contributed by atoms with Crippen molar-refractivity contribution >= 4 is 11.4 Å². The molecule has 0 spiro atoms. The van der Waals surface area contributed by atoms with Crippen LogP contribution in [-0.2, 0) is 13.0 Å². The van der Waals surface area contributed by atoms with Gasteiger partial charge in [0.1, 0.15) is 5.75 Å². The Morgan fingerprint density at radius 2 is 2.00 bits per heavy atom. The zero-order valence-electron chi connectivity index (χ0n) is 10.8. The lowest BCUT2D eigenvalue weighted by Gasteiger charge is -2.31. The zero-order valence-corrected chi connectivity index (χ0v) is 10.8. The minimum Gasteiger partial charge on any atom is -0.508 e. The van der Waals surface area contributed by atoms with E-state index in [9.17, 15) is 5.11 Å². The summed E-state index contributed by atoms with van der Waals surface area (Å²) in [6.45, 7) is 1.72. The first-order chi connectivity index (χ1) is 9.24. The van der Waals surface area contributed by atoms with Crippen LogP contribution in [0.2, 0.25) is 0 Å². The average molecular weight is 254 g/mol. The molecule has 2 aromatic rings. The van der Waals surface area contributed by atoms with Crippen molar-refractivity contribution in [2.24, 2.45) is 0 Å². The standard InChI is InChI=1S/C16H18N2O/c17-14-7-8-16(19)13(10-14)11-18-9-3-5-12-4-1-2-6-15(12)18/h1-2,4,6-8,10,19H,3,5,9,11,17H2. The Morgan fingerprint density at radius 3 is 2.89 bits per heavy atom. The van der Waals surface area contributed by atoms with Crippen molar-refractivity contribution in [2.45, 2.75) is 19.4 Å². The summed E-state index contributed by atoms with van der Waals surface area (Å²) in [6.07, 6.45) is 2.29. The van der Waals surface area contributed by atoms with Crippen LogP contribution in [0.5, 0.6) is 5.75 Å². The largest absolute Gasteiger partial charge is 0.508 e. The number of aromatic hydroxyl groups is 1. The smallest absolute Gasteiger partial charge is 0.120 e. The minimum absolute atomic E-state index is 0.317. The average Bonchev–Trinajstić information content (AvgIpc) is 2.43. The van der Waals surface area contributed by atoms with E-state index in [2.05, 4.69) is 29.2 Å². The second kappa shape index (κ2) is 4.84. The van der Waals surface area contributed by atoms with Crippen LogP contribution in [0.15, 0.2) is 42.5 Å². The normalized spacial score (nSPS) is 14.2. The molecule has 0 unspecified atom stereocenters. The quantitative estimate of drug-likeness (QED) is 0.640. The number of benzene rings is 2. The number of hydrogen-bond acceptors (Lipinski definition) is 3. The molecule has 3 rings (SSSR count). The fourth-order valence-corrected chi connectivity index (χ4v) is 2.71. The fourth-order valence-electron chi connectivity index (χ4n) is 2.71. The lowest BCUT2D eigenvalue weighted by Crippen LogP contribution is -2.28. The molecule has 19 heavy (non-hydrogen) atoms. The molecule has 98 valence electrons. The van der Waals surface area contributed by atoms with Gasteiger partial charge in [-0.2, -0.15) is 0 Å². The summed E-state index contributed by atoms with van der Waals surface area (Å²) in [5, 5.41) is 9.93. The van der Waals surface area contributed by atoms with E-state index in [1.165, 1.54) is 11.3 Å². The van der Waals surface area contributed by atoms with Gasteiger partial charge in [0.25, 0.3) is 0 Å². The van der Waals surface area contributed by atoms with Crippen LogP contribution in [0.1, 0.15) is 17.5 Å². The molecular formula is C16H18N2O. The molecule has 0 fully saturated rings. The highest BCUT2D eigenvalue weighted by Crippen LogP contribution is 2.30. The van der Waals surface area contributed by atoms with Crippen molar-refractivity contribution < 1.29 is 5.11 Å². The maximum absolute atomic E-state index is 9.93. The number of nitrogens with zero attached hydrogens (tertiary/aromatic N) is 1. The number of hydrogen-bond donors (Lipinski definition) is 2. The van der Waals surface area contributed by atoms with Gasteiger partial charge in [-0.15, -0.1) is 0 Å². The third kappa shape index (κ3) is 2.36. The van der Waals surface area contributed by atoms with Crippen molar-refractivity contribution in [2.75, 3.05) is 17.2 Å². The van der Waals surface area contributed by atoms with Crippen LogP contribution in [-0.4, -0.2) is 11.7 Å². The van der Waals surface area contributed by atoms with Gasteiger partial charge in [0.15, 0.2) is 0 Å². The van der Waals surface area contributed by atoms with E-state index in [1.54, 1.807) is 12.1 Å². The molecule has 3 N–H and O–H groups in total. The topological polar surface area (TPSA) is 49.5 Å². The fraction of sp³-hybridized carbons (Fsp3) is 0.250. The van der Waals surface area contributed by atoms with Crippen LogP contribution >= 0.6 is 0 Å². The van der Waals surface area contributed by atoms with Crippen molar-refractivity contribution in [3.05, 3.63) is 53.6 Å². The minimum atomic E-state index is 0.317. The van der Waals surface area contributed by atoms with Crippen molar-refractivity contribution in [1.29, 1.82) is 0 Å². The molecule has 1 aliphatic rings. The SMILES string of the molecule is Nc1ccc(O)c(CN2CCCc3ccccc32)c1. The molecule has 0 aromatic heterocycles. The Morgan fingerprint density at radius 1 is 1.16 bits per heavy atom. The summed E-state index contributed by atoms with van der Waals surface area (Å²) < 4.78 is 0. The molecule has 1 heterocycles. The van der Waals surface area contributed by atoms with Crippen molar-refractivity contribution in [1.82, 2.24) is 0 Å².